The molecule has 0 aliphatic carbocycles. The van der Waals surface area contributed by atoms with E-state index in [1.54, 1.807) is 24.7 Å². The fraction of sp³-hybridized carbons (Fsp3) is 0.294. The highest BCUT2D eigenvalue weighted by Crippen LogP contribution is 2.43. The topological polar surface area (TPSA) is 87.9 Å². The molecule has 2 aliphatic heterocycles. The van der Waals surface area contributed by atoms with Crippen molar-refractivity contribution in [2.24, 2.45) is 0 Å². The average Bonchev–Trinajstić information content (AvgIpc) is 3.34. The summed E-state index contributed by atoms with van der Waals surface area (Å²) in [5, 5.41) is 7.07. The monoisotopic (exact) mass is 321 g/mol. The Morgan fingerprint density at radius 3 is 3.21 bits per heavy atom. The third-order valence-corrected chi connectivity index (χ3v) is 4.94. The first-order valence-electron chi connectivity index (χ1n) is 8.02. The van der Waals surface area contributed by atoms with Gasteiger partial charge < -0.3 is 9.32 Å². The molecule has 120 valence electrons. The number of nitrogens with one attached hydrogen (secondary N) is 1. The molecule has 5 rings (SSSR count). The molecule has 0 spiro atoms. The van der Waals surface area contributed by atoms with Gasteiger partial charge in [-0.1, -0.05) is 0 Å². The van der Waals surface area contributed by atoms with Gasteiger partial charge in [-0.3, -0.25) is 9.89 Å². The molecule has 24 heavy (non-hydrogen) atoms. The van der Waals surface area contributed by atoms with E-state index in [9.17, 15) is 4.79 Å². The Morgan fingerprint density at radius 1 is 1.38 bits per heavy atom. The number of fused-ring (bicyclic) bond motifs is 4. The number of carbonyl (C=O) groups excluding carboxylic acids is 1. The van der Waals surface area contributed by atoms with Gasteiger partial charge in [0.15, 0.2) is 11.5 Å². The Kier molecular flexibility index (Phi) is 2.82. The summed E-state index contributed by atoms with van der Waals surface area (Å²) in [7, 11) is 0. The highest BCUT2D eigenvalue weighted by atomic mass is 16.3. The number of furan rings is 1. The number of nitrogens with zero attached hydrogens (tertiary/aromatic N) is 4. The Bertz CT molecular complexity index is 901. The van der Waals surface area contributed by atoms with Crippen molar-refractivity contribution in [1.82, 2.24) is 25.1 Å². The van der Waals surface area contributed by atoms with Crippen molar-refractivity contribution in [3.05, 3.63) is 53.9 Å². The second-order valence-corrected chi connectivity index (χ2v) is 6.23. The van der Waals surface area contributed by atoms with Crippen LogP contribution in [-0.2, 0) is 6.42 Å². The Balaban J connectivity index is 1.48. The van der Waals surface area contributed by atoms with E-state index in [-0.39, 0.29) is 18.0 Å². The minimum Gasteiger partial charge on any atom is -0.463 e. The van der Waals surface area contributed by atoms with Gasteiger partial charge in [-0.05, 0) is 25.0 Å². The van der Waals surface area contributed by atoms with E-state index in [0.29, 0.717) is 17.1 Å². The van der Waals surface area contributed by atoms with Gasteiger partial charge in [0.1, 0.15) is 12.0 Å². The van der Waals surface area contributed by atoms with Crippen molar-refractivity contribution in [2.75, 3.05) is 0 Å². The summed E-state index contributed by atoms with van der Waals surface area (Å²) >= 11 is 0. The van der Waals surface area contributed by atoms with E-state index in [2.05, 4.69) is 20.2 Å². The van der Waals surface area contributed by atoms with Gasteiger partial charge in [0, 0.05) is 30.3 Å². The lowest BCUT2D eigenvalue weighted by Crippen LogP contribution is -2.42. The first-order valence-corrected chi connectivity index (χ1v) is 8.02. The maximum Gasteiger partial charge on any atom is 0.275 e. The summed E-state index contributed by atoms with van der Waals surface area (Å²) in [6, 6.07) is 5.63. The minimum absolute atomic E-state index is 0.0499. The summed E-state index contributed by atoms with van der Waals surface area (Å²) in [5.41, 5.74) is 3.26. The van der Waals surface area contributed by atoms with Crippen molar-refractivity contribution >= 4 is 5.91 Å². The standard InChI is InChI=1S/C17H15N5O2/c23-17(14-7-13(20-21-14)16-2-1-5-24-16)22-10-3-4-15(22)11-8-18-9-19-12(11)6-10/h1-2,5,7-10,15H,3-4,6H2,(H,20,21). The van der Waals surface area contributed by atoms with Crippen LogP contribution < -0.4 is 0 Å². The van der Waals surface area contributed by atoms with E-state index in [0.717, 1.165) is 30.5 Å². The molecule has 2 atom stereocenters. The third-order valence-electron chi connectivity index (χ3n) is 4.94. The van der Waals surface area contributed by atoms with E-state index in [1.165, 1.54) is 0 Å². The predicted molar refractivity (Wildman–Crippen MR) is 84.0 cm³/mol. The Morgan fingerprint density at radius 2 is 2.33 bits per heavy atom. The molecule has 7 heteroatoms. The zero-order valence-electron chi connectivity index (χ0n) is 12.8. The molecule has 3 aromatic rings. The summed E-state index contributed by atoms with van der Waals surface area (Å²) in [6.45, 7) is 0. The zero-order chi connectivity index (χ0) is 16.1. The van der Waals surface area contributed by atoms with Gasteiger partial charge in [0.25, 0.3) is 5.91 Å². The van der Waals surface area contributed by atoms with Crippen molar-refractivity contribution in [3.8, 4) is 11.5 Å². The van der Waals surface area contributed by atoms with E-state index < -0.39 is 0 Å². The van der Waals surface area contributed by atoms with Crippen LogP contribution in [0, 0.1) is 0 Å². The maximum atomic E-state index is 13.0. The van der Waals surface area contributed by atoms with E-state index in [4.69, 9.17) is 4.42 Å². The average molecular weight is 321 g/mol. The number of carbonyl (C=O) groups is 1. The van der Waals surface area contributed by atoms with Crippen LogP contribution in [-0.4, -0.2) is 37.0 Å². The van der Waals surface area contributed by atoms with Crippen LogP contribution in [0.2, 0.25) is 0 Å². The van der Waals surface area contributed by atoms with Crippen LogP contribution in [0.1, 0.15) is 40.6 Å². The number of rotatable bonds is 2. The minimum atomic E-state index is -0.0499. The number of aromatic amines is 1. The molecule has 2 unspecified atom stereocenters. The molecule has 1 saturated heterocycles. The van der Waals surface area contributed by atoms with Crippen LogP contribution in [0.15, 0.2) is 41.4 Å². The fourth-order valence-corrected chi connectivity index (χ4v) is 3.86. The summed E-state index contributed by atoms with van der Waals surface area (Å²) < 4.78 is 5.35. The van der Waals surface area contributed by atoms with Gasteiger partial charge in [0.2, 0.25) is 0 Å². The summed E-state index contributed by atoms with van der Waals surface area (Å²) in [5.74, 6) is 0.618. The molecule has 1 amide bonds. The number of aromatic nitrogens is 4. The molecule has 2 bridgehead atoms. The van der Waals surface area contributed by atoms with Crippen LogP contribution in [0.3, 0.4) is 0 Å². The van der Waals surface area contributed by atoms with Gasteiger partial charge in [-0.2, -0.15) is 5.10 Å². The zero-order valence-corrected chi connectivity index (χ0v) is 12.8. The van der Waals surface area contributed by atoms with Gasteiger partial charge in [-0.15, -0.1) is 0 Å². The lowest BCUT2D eigenvalue weighted by molar-refractivity contribution is 0.0637. The molecular weight excluding hydrogens is 306 g/mol. The molecular formula is C17H15N5O2. The molecule has 1 fully saturated rings. The first kappa shape index (κ1) is 13.5. The highest BCUT2D eigenvalue weighted by Gasteiger charge is 2.44. The van der Waals surface area contributed by atoms with Crippen LogP contribution in [0.25, 0.3) is 11.5 Å². The molecule has 1 N–H and O–H groups in total. The largest absolute Gasteiger partial charge is 0.463 e. The molecule has 5 heterocycles. The van der Waals surface area contributed by atoms with Crippen molar-refractivity contribution < 1.29 is 9.21 Å². The summed E-state index contributed by atoms with van der Waals surface area (Å²) in [6.07, 6.45) is 7.75. The number of H-pyrrole nitrogens is 1. The molecule has 3 aromatic heterocycles. The van der Waals surface area contributed by atoms with E-state index in [1.807, 2.05) is 17.2 Å². The number of hydrogen-bond acceptors (Lipinski definition) is 5. The van der Waals surface area contributed by atoms with Crippen molar-refractivity contribution in [3.63, 3.8) is 0 Å². The lowest BCUT2D eigenvalue weighted by Gasteiger charge is -2.34. The number of hydrogen-bond donors (Lipinski definition) is 1. The second kappa shape index (κ2) is 5.02. The van der Waals surface area contributed by atoms with Gasteiger partial charge in [0.05, 0.1) is 18.0 Å². The smallest absolute Gasteiger partial charge is 0.275 e. The van der Waals surface area contributed by atoms with Crippen molar-refractivity contribution in [2.45, 2.75) is 31.3 Å². The predicted octanol–water partition coefficient (Wildman–Crippen LogP) is 2.36. The van der Waals surface area contributed by atoms with E-state index >= 15 is 0 Å². The van der Waals surface area contributed by atoms with Gasteiger partial charge in [-0.25, -0.2) is 9.97 Å². The molecule has 0 radical (unpaired) electrons. The fourth-order valence-electron chi connectivity index (χ4n) is 3.86. The quantitative estimate of drug-likeness (QED) is 0.783. The number of amides is 1. The molecule has 2 aliphatic rings. The van der Waals surface area contributed by atoms with Crippen molar-refractivity contribution in [1.29, 1.82) is 0 Å². The van der Waals surface area contributed by atoms with Crippen LogP contribution >= 0.6 is 0 Å². The first-order chi connectivity index (χ1) is 11.8. The molecule has 7 nitrogen and oxygen atoms in total. The summed E-state index contributed by atoms with van der Waals surface area (Å²) in [4.78, 5) is 23.5. The Hall–Kier alpha value is -2.96. The maximum absolute atomic E-state index is 13.0. The molecule has 0 aromatic carbocycles. The normalized spacial score (nSPS) is 21.8. The van der Waals surface area contributed by atoms with Gasteiger partial charge >= 0.3 is 0 Å². The SMILES string of the molecule is O=C(c1cc(-c2ccco2)[nH]n1)N1C2CCC1c1cncnc1C2. The highest BCUT2D eigenvalue weighted by molar-refractivity contribution is 5.94. The molecule has 0 saturated carbocycles. The Labute approximate surface area is 137 Å². The lowest BCUT2D eigenvalue weighted by atomic mass is 9.99. The second-order valence-electron chi connectivity index (χ2n) is 6.23. The van der Waals surface area contributed by atoms with Crippen LogP contribution in [0.4, 0.5) is 0 Å². The van der Waals surface area contributed by atoms with Crippen LogP contribution in [0.5, 0.6) is 0 Å². The third kappa shape index (κ3) is 1.90.